The van der Waals surface area contributed by atoms with E-state index in [-0.39, 0.29) is 0 Å². The summed E-state index contributed by atoms with van der Waals surface area (Å²) in [6, 6.07) is 17.7. The summed E-state index contributed by atoms with van der Waals surface area (Å²) in [6.07, 6.45) is 0.974. The fourth-order valence-corrected chi connectivity index (χ4v) is 2.07. The Morgan fingerprint density at radius 3 is 2.19 bits per heavy atom. The van der Waals surface area contributed by atoms with Crippen LogP contribution in [0.15, 0.2) is 59.1 Å². The minimum atomic E-state index is 0.678. The van der Waals surface area contributed by atoms with Crippen LogP contribution >= 0.6 is 15.9 Å². The topological polar surface area (TPSA) is 30.5 Å². The normalized spacial score (nSPS) is 10.3. The van der Waals surface area contributed by atoms with Gasteiger partial charge in [0.05, 0.1) is 6.61 Å². The van der Waals surface area contributed by atoms with E-state index in [4.69, 9.17) is 9.47 Å². The van der Waals surface area contributed by atoms with Crippen molar-refractivity contribution in [3.05, 3.63) is 59.1 Å². The van der Waals surface area contributed by atoms with Gasteiger partial charge in [0, 0.05) is 11.0 Å². The first-order valence-corrected chi connectivity index (χ1v) is 7.91. The third kappa shape index (κ3) is 6.65. The Balaban J connectivity index is 1.46. The van der Waals surface area contributed by atoms with Crippen LogP contribution < -0.4 is 14.8 Å². The van der Waals surface area contributed by atoms with Crippen molar-refractivity contribution in [1.29, 1.82) is 0 Å². The Bertz CT molecular complexity index is 502. The summed E-state index contributed by atoms with van der Waals surface area (Å²) < 4.78 is 12.3. The van der Waals surface area contributed by atoms with Gasteiger partial charge >= 0.3 is 0 Å². The van der Waals surface area contributed by atoms with Crippen LogP contribution in [0.25, 0.3) is 0 Å². The smallest absolute Gasteiger partial charge is 0.119 e. The average Bonchev–Trinajstić information content (AvgIpc) is 2.53. The molecule has 0 atom stereocenters. The SMILES string of the molecule is Brc1ccc(OCCCNCCOc2ccccc2)cc1. The van der Waals surface area contributed by atoms with Gasteiger partial charge in [0.15, 0.2) is 0 Å². The van der Waals surface area contributed by atoms with Gasteiger partial charge in [-0.2, -0.15) is 0 Å². The van der Waals surface area contributed by atoms with Gasteiger partial charge in [-0.3, -0.25) is 0 Å². The molecule has 3 nitrogen and oxygen atoms in total. The van der Waals surface area contributed by atoms with Crippen molar-refractivity contribution in [2.45, 2.75) is 6.42 Å². The summed E-state index contributed by atoms with van der Waals surface area (Å²) in [5.74, 6) is 1.82. The molecule has 0 bridgehead atoms. The molecule has 1 N–H and O–H groups in total. The number of rotatable bonds is 9. The molecule has 2 aromatic rings. The number of nitrogens with one attached hydrogen (secondary N) is 1. The molecule has 0 amide bonds. The summed E-state index contributed by atoms with van der Waals surface area (Å²) in [4.78, 5) is 0. The number of hydrogen-bond acceptors (Lipinski definition) is 3. The Kier molecular flexibility index (Phi) is 7.12. The lowest BCUT2D eigenvalue weighted by Gasteiger charge is -2.08. The van der Waals surface area contributed by atoms with Gasteiger partial charge in [-0.15, -0.1) is 0 Å². The van der Waals surface area contributed by atoms with E-state index < -0.39 is 0 Å². The van der Waals surface area contributed by atoms with Crippen LogP contribution in [0, 0.1) is 0 Å². The van der Waals surface area contributed by atoms with Crippen molar-refractivity contribution < 1.29 is 9.47 Å². The highest BCUT2D eigenvalue weighted by Crippen LogP contribution is 2.16. The molecule has 21 heavy (non-hydrogen) atoms. The average molecular weight is 350 g/mol. The zero-order valence-corrected chi connectivity index (χ0v) is 13.5. The Hall–Kier alpha value is -1.52. The molecule has 0 saturated carbocycles. The number of benzene rings is 2. The zero-order valence-electron chi connectivity index (χ0n) is 11.9. The quantitative estimate of drug-likeness (QED) is 0.696. The summed E-state index contributed by atoms with van der Waals surface area (Å²) in [6.45, 7) is 3.16. The third-order valence-corrected chi connectivity index (χ3v) is 3.40. The lowest BCUT2D eigenvalue weighted by atomic mass is 10.3. The van der Waals surface area contributed by atoms with Gasteiger partial charge < -0.3 is 14.8 Å². The van der Waals surface area contributed by atoms with Gasteiger partial charge in [-0.05, 0) is 49.4 Å². The zero-order chi connectivity index (χ0) is 14.8. The van der Waals surface area contributed by atoms with Crippen LogP contribution in [-0.4, -0.2) is 26.3 Å². The molecule has 0 aliphatic heterocycles. The first kappa shape index (κ1) is 15.9. The van der Waals surface area contributed by atoms with Crippen molar-refractivity contribution in [3.8, 4) is 11.5 Å². The Labute approximate surface area is 134 Å². The summed E-state index contributed by atoms with van der Waals surface area (Å²) in [7, 11) is 0. The number of hydrogen-bond donors (Lipinski definition) is 1. The molecule has 2 aromatic carbocycles. The summed E-state index contributed by atoms with van der Waals surface area (Å²) in [5, 5.41) is 3.34. The highest BCUT2D eigenvalue weighted by atomic mass is 79.9. The first-order valence-electron chi connectivity index (χ1n) is 7.11. The lowest BCUT2D eigenvalue weighted by Crippen LogP contribution is -2.23. The van der Waals surface area contributed by atoms with E-state index >= 15 is 0 Å². The molecule has 0 aromatic heterocycles. The van der Waals surface area contributed by atoms with Crippen LogP contribution in [-0.2, 0) is 0 Å². The van der Waals surface area contributed by atoms with E-state index in [1.165, 1.54) is 0 Å². The second-order valence-electron chi connectivity index (χ2n) is 4.57. The van der Waals surface area contributed by atoms with Crippen LogP contribution in [0.4, 0.5) is 0 Å². The van der Waals surface area contributed by atoms with Crippen molar-refractivity contribution in [3.63, 3.8) is 0 Å². The van der Waals surface area contributed by atoms with Gasteiger partial charge in [0.2, 0.25) is 0 Å². The summed E-state index contributed by atoms with van der Waals surface area (Å²) in [5.41, 5.74) is 0. The number of halogens is 1. The molecular formula is C17H20BrNO2. The molecule has 4 heteroatoms. The van der Waals surface area contributed by atoms with E-state index in [1.54, 1.807) is 0 Å². The van der Waals surface area contributed by atoms with Crippen LogP contribution in [0.5, 0.6) is 11.5 Å². The molecule has 0 saturated heterocycles. The third-order valence-electron chi connectivity index (χ3n) is 2.87. The maximum absolute atomic E-state index is 5.64. The van der Waals surface area contributed by atoms with Crippen molar-refractivity contribution in [2.24, 2.45) is 0 Å². The van der Waals surface area contributed by atoms with Gasteiger partial charge in [-0.25, -0.2) is 0 Å². The predicted octanol–water partition coefficient (Wildman–Crippen LogP) is 3.89. The fraction of sp³-hybridized carbons (Fsp3) is 0.294. The standard InChI is InChI=1S/C17H20BrNO2/c18-15-7-9-17(10-8-15)20-13-4-11-19-12-14-21-16-5-2-1-3-6-16/h1-3,5-10,19H,4,11-14H2. The first-order chi connectivity index (χ1) is 10.3. The van der Waals surface area contributed by atoms with E-state index in [2.05, 4.69) is 21.2 Å². The van der Waals surface area contributed by atoms with Gasteiger partial charge in [0.25, 0.3) is 0 Å². The predicted molar refractivity (Wildman–Crippen MR) is 89.1 cm³/mol. The highest BCUT2D eigenvalue weighted by molar-refractivity contribution is 9.10. The van der Waals surface area contributed by atoms with Crippen molar-refractivity contribution >= 4 is 15.9 Å². The molecule has 2 rings (SSSR count). The largest absolute Gasteiger partial charge is 0.494 e. The Morgan fingerprint density at radius 2 is 1.43 bits per heavy atom. The molecule has 0 spiro atoms. The monoisotopic (exact) mass is 349 g/mol. The van der Waals surface area contributed by atoms with Crippen LogP contribution in [0.3, 0.4) is 0 Å². The Morgan fingerprint density at radius 1 is 0.762 bits per heavy atom. The van der Waals surface area contributed by atoms with E-state index in [0.717, 1.165) is 35.5 Å². The van der Waals surface area contributed by atoms with Crippen LogP contribution in [0.2, 0.25) is 0 Å². The second kappa shape index (κ2) is 9.42. The van der Waals surface area contributed by atoms with Crippen molar-refractivity contribution in [1.82, 2.24) is 5.32 Å². The van der Waals surface area contributed by atoms with Gasteiger partial charge in [-0.1, -0.05) is 34.1 Å². The highest BCUT2D eigenvalue weighted by Gasteiger charge is 1.95. The van der Waals surface area contributed by atoms with Crippen LogP contribution in [0.1, 0.15) is 6.42 Å². The minimum Gasteiger partial charge on any atom is -0.494 e. The molecule has 0 unspecified atom stereocenters. The number of ether oxygens (including phenoxy) is 2. The molecule has 112 valence electrons. The lowest BCUT2D eigenvalue weighted by molar-refractivity contribution is 0.294. The molecule has 0 radical (unpaired) electrons. The van der Waals surface area contributed by atoms with Crippen molar-refractivity contribution in [2.75, 3.05) is 26.3 Å². The minimum absolute atomic E-state index is 0.678. The molecule has 0 heterocycles. The fourth-order valence-electron chi connectivity index (χ4n) is 1.80. The molecule has 0 aliphatic rings. The van der Waals surface area contributed by atoms with Gasteiger partial charge in [0.1, 0.15) is 18.1 Å². The number of para-hydroxylation sites is 1. The van der Waals surface area contributed by atoms with E-state index in [0.29, 0.717) is 13.2 Å². The summed E-state index contributed by atoms with van der Waals surface area (Å²) >= 11 is 3.40. The molecular weight excluding hydrogens is 330 g/mol. The van der Waals surface area contributed by atoms with E-state index in [1.807, 2.05) is 54.6 Å². The second-order valence-corrected chi connectivity index (χ2v) is 5.48. The molecule has 0 aliphatic carbocycles. The maximum atomic E-state index is 5.64. The van der Waals surface area contributed by atoms with E-state index in [9.17, 15) is 0 Å². The maximum Gasteiger partial charge on any atom is 0.119 e. The molecule has 0 fully saturated rings.